The molecular formula is C24H26N2O3S. The fourth-order valence-electron chi connectivity index (χ4n) is 3.99. The first kappa shape index (κ1) is 20.6. The molecule has 1 amide bonds. The van der Waals surface area contributed by atoms with E-state index in [1.807, 2.05) is 61.5 Å². The standard InChI is InChI=1S/C24H26N2O3S/c1-18-7-11-23(12-8-18)30(28,29)26-15-13-20(14-16-26)24(27)25(2)22-10-9-19-5-3-4-6-21(19)17-22/h3-12,17,20H,13-16H2,1-2H3. The van der Waals surface area contributed by atoms with Gasteiger partial charge >= 0.3 is 0 Å². The van der Waals surface area contributed by atoms with Crippen LogP contribution in [0.4, 0.5) is 5.69 Å². The summed E-state index contributed by atoms with van der Waals surface area (Å²) >= 11 is 0. The molecule has 0 saturated carbocycles. The third-order valence-corrected chi connectivity index (χ3v) is 7.83. The van der Waals surface area contributed by atoms with Crippen molar-refractivity contribution in [3.63, 3.8) is 0 Å². The van der Waals surface area contributed by atoms with Gasteiger partial charge in [-0.2, -0.15) is 4.31 Å². The first-order valence-electron chi connectivity index (χ1n) is 10.2. The molecule has 5 nitrogen and oxygen atoms in total. The smallest absolute Gasteiger partial charge is 0.243 e. The van der Waals surface area contributed by atoms with Crippen molar-refractivity contribution in [2.45, 2.75) is 24.7 Å². The normalized spacial score (nSPS) is 15.9. The van der Waals surface area contributed by atoms with Gasteiger partial charge in [0.05, 0.1) is 4.90 Å². The third-order valence-electron chi connectivity index (χ3n) is 5.91. The topological polar surface area (TPSA) is 57.7 Å². The number of amides is 1. The molecule has 156 valence electrons. The molecule has 6 heteroatoms. The summed E-state index contributed by atoms with van der Waals surface area (Å²) in [6.45, 7) is 2.65. The number of nitrogens with zero attached hydrogens (tertiary/aromatic N) is 2. The quantitative estimate of drug-likeness (QED) is 0.633. The van der Waals surface area contributed by atoms with E-state index in [0.29, 0.717) is 30.8 Å². The second-order valence-corrected chi connectivity index (χ2v) is 9.86. The van der Waals surface area contributed by atoms with Gasteiger partial charge in [-0.05, 0) is 54.8 Å². The number of anilines is 1. The molecule has 0 N–H and O–H groups in total. The highest BCUT2D eigenvalue weighted by molar-refractivity contribution is 7.89. The van der Waals surface area contributed by atoms with Crippen molar-refractivity contribution < 1.29 is 13.2 Å². The Morgan fingerprint density at radius 2 is 1.57 bits per heavy atom. The van der Waals surface area contributed by atoms with Crippen molar-refractivity contribution in [2.75, 3.05) is 25.0 Å². The first-order valence-corrected chi connectivity index (χ1v) is 11.6. The fraction of sp³-hybridized carbons (Fsp3) is 0.292. The number of hydrogen-bond acceptors (Lipinski definition) is 3. The zero-order chi connectivity index (χ0) is 21.3. The molecule has 1 aliphatic rings. The maximum absolute atomic E-state index is 13.1. The van der Waals surface area contributed by atoms with E-state index >= 15 is 0 Å². The van der Waals surface area contributed by atoms with E-state index in [0.717, 1.165) is 22.0 Å². The molecule has 3 aromatic carbocycles. The van der Waals surface area contributed by atoms with Crippen LogP contribution in [0.25, 0.3) is 10.8 Å². The molecule has 0 bridgehead atoms. The average molecular weight is 423 g/mol. The van der Waals surface area contributed by atoms with Crippen molar-refractivity contribution in [3.8, 4) is 0 Å². The van der Waals surface area contributed by atoms with Crippen LogP contribution in [-0.4, -0.2) is 38.8 Å². The van der Waals surface area contributed by atoms with Gasteiger partial charge in [-0.3, -0.25) is 4.79 Å². The number of fused-ring (bicyclic) bond motifs is 1. The number of carbonyl (C=O) groups excluding carboxylic acids is 1. The van der Waals surface area contributed by atoms with Crippen LogP contribution in [0, 0.1) is 12.8 Å². The summed E-state index contributed by atoms with van der Waals surface area (Å²) in [4.78, 5) is 15.1. The number of carbonyl (C=O) groups is 1. The Morgan fingerprint density at radius 1 is 0.933 bits per heavy atom. The average Bonchev–Trinajstić information content (AvgIpc) is 2.78. The molecule has 1 heterocycles. The van der Waals surface area contributed by atoms with Crippen molar-refractivity contribution in [2.24, 2.45) is 5.92 Å². The van der Waals surface area contributed by atoms with Crippen molar-refractivity contribution in [1.29, 1.82) is 0 Å². The molecule has 1 fully saturated rings. The highest BCUT2D eigenvalue weighted by Gasteiger charge is 2.33. The van der Waals surface area contributed by atoms with E-state index in [9.17, 15) is 13.2 Å². The largest absolute Gasteiger partial charge is 0.315 e. The molecule has 0 aliphatic carbocycles. The Kier molecular flexibility index (Phi) is 5.62. The second kappa shape index (κ2) is 8.20. The summed E-state index contributed by atoms with van der Waals surface area (Å²) in [6, 6.07) is 21.0. The van der Waals surface area contributed by atoms with Gasteiger partial charge in [0, 0.05) is 31.7 Å². The Bertz CT molecular complexity index is 1160. The molecule has 0 radical (unpaired) electrons. The highest BCUT2D eigenvalue weighted by atomic mass is 32.2. The maximum Gasteiger partial charge on any atom is 0.243 e. The highest BCUT2D eigenvalue weighted by Crippen LogP contribution is 2.28. The summed E-state index contributed by atoms with van der Waals surface area (Å²) in [5, 5.41) is 2.23. The predicted octanol–water partition coefficient (Wildman–Crippen LogP) is 4.21. The van der Waals surface area contributed by atoms with E-state index in [2.05, 4.69) is 0 Å². The van der Waals surface area contributed by atoms with Gasteiger partial charge in [0.15, 0.2) is 0 Å². The van der Waals surface area contributed by atoms with Crippen LogP contribution in [0.1, 0.15) is 18.4 Å². The number of benzene rings is 3. The monoisotopic (exact) mass is 422 g/mol. The number of sulfonamides is 1. The van der Waals surface area contributed by atoms with Gasteiger partial charge in [0.1, 0.15) is 0 Å². The summed E-state index contributed by atoms with van der Waals surface area (Å²) in [5.41, 5.74) is 1.88. The SMILES string of the molecule is Cc1ccc(S(=O)(=O)N2CCC(C(=O)N(C)c3ccc4ccccc4c3)CC2)cc1. The Hall–Kier alpha value is -2.70. The van der Waals surface area contributed by atoms with Crippen LogP contribution < -0.4 is 4.90 Å². The number of aryl methyl sites for hydroxylation is 1. The van der Waals surface area contributed by atoms with Crippen molar-refractivity contribution in [1.82, 2.24) is 4.31 Å². The van der Waals surface area contributed by atoms with Gasteiger partial charge in [0.2, 0.25) is 15.9 Å². The van der Waals surface area contributed by atoms with E-state index in [4.69, 9.17) is 0 Å². The summed E-state index contributed by atoms with van der Waals surface area (Å²) in [7, 11) is -1.72. The minimum Gasteiger partial charge on any atom is -0.315 e. The fourth-order valence-corrected chi connectivity index (χ4v) is 5.46. The van der Waals surface area contributed by atoms with Crippen LogP contribution in [0.15, 0.2) is 71.6 Å². The zero-order valence-corrected chi connectivity index (χ0v) is 18.1. The van der Waals surface area contributed by atoms with Crippen LogP contribution >= 0.6 is 0 Å². The third kappa shape index (κ3) is 3.98. The van der Waals surface area contributed by atoms with E-state index in [1.54, 1.807) is 24.1 Å². The van der Waals surface area contributed by atoms with Gasteiger partial charge in [0.25, 0.3) is 0 Å². The first-order chi connectivity index (χ1) is 14.4. The molecule has 0 aromatic heterocycles. The lowest BCUT2D eigenvalue weighted by Gasteiger charge is -2.32. The molecule has 0 unspecified atom stereocenters. The molecular weight excluding hydrogens is 396 g/mol. The minimum atomic E-state index is -3.52. The summed E-state index contributed by atoms with van der Waals surface area (Å²) in [6.07, 6.45) is 1.06. The Labute approximate surface area is 178 Å². The lowest BCUT2D eigenvalue weighted by atomic mass is 9.96. The lowest BCUT2D eigenvalue weighted by Crippen LogP contribution is -2.43. The molecule has 4 rings (SSSR count). The van der Waals surface area contributed by atoms with E-state index < -0.39 is 10.0 Å². The van der Waals surface area contributed by atoms with Gasteiger partial charge in [-0.15, -0.1) is 0 Å². The molecule has 1 saturated heterocycles. The van der Waals surface area contributed by atoms with Gasteiger partial charge in [-0.1, -0.05) is 48.0 Å². The molecule has 0 spiro atoms. The second-order valence-electron chi connectivity index (χ2n) is 7.92. The van der Waals surface area contributed by atoms with Gasteiger partial charge < -0.3 is 4.90 Å². The van der Waals surface area contributed by atoms with Crippen LogP contribution in [0.3, 0.4) is 0 Å². The molecule has 0 atom stereocenters. The van der Waals surface area contributed by atoms with Crippen molar-refractivity contribution >= 4 is 32.4 Å². The van der Waals surface area contributed by atoms with E-state index in [-0.39, 0.29) is 11.8 Å². The predicted molar refractivity (Wildman–Crippen MR) is 120 cm³/mol. The zero-order valence-electron chi connectivity index (χ0n) is 17.3. The summed E-state index contributed by atoms with van der Waals surface area (Å²) < 4.78 is 27.3. The Morgan fingerprint density at radius 3 is 2.23 bits per heavy atom. The number of rotatable bonds is 4. The lowest BCUT2D eigenvalue weighted by molar-refractivity contribution is -0.123. The number of hydrogen-bond donors (Lipinski definition) is 0. The minimum absolute atomic E-state index is 0.0395. The number of piperidine rings is 1. The van der Waals surface area contributed by atoms with Crippen LogP contribution in [0.5, 0.6) is 0 Å². The van der Waals surface area contributed by atoms with E-state index in [1.165, 1.54) is 4.31 Å². The van der Waals surface area contributed by atoms with Crippen LogP contribution in [-0.2, 0) is 14.8 Å². The molecule has 1 aliphatic heterocycles. The van der Waals surface area contributed by atoms with Crippen LogP contribution in [0.2, 0.25) is 0 Å². The van der Waals surface area contributed by atoms with Crippen molar-refractivity contribution in [3.05, 3.63) is 72.3 Å². The maximum atomic E-state index is 13.1. The Balaban J connectivity index is 1.44. The molecule has 30 heavy (non-hydrogen) atoms. The van der Waals surface area contributed by atoms with Gasteiger partial charge in [-0.25, -0.2) is 8.42 Å². The molecule has 3 aromatic rings. The summed E-state index contributed by atoms with van der Waals surface area (Å²) in [5.74, 6) is -0.136.